The highest BCUT2D eigenvalue weighted by atomic mass is 15.4. The fourth-order valence-electron chi connectivity index (χ4n) is 0.540. The molecule has 0 aliphatic carbocycles. The molecule has 0 amide bonds. The number of hydrogen-bond acceptors (Lipinski definition) is 2. The standard InChI is InChI=1S/C6H7N3.2C2H6/c1-3-6-5-7-8-9(6)4-2;2*1-2/h3-5H,1-2H2;2*1-2H3. The van der Waals surface area contributed by atoms with Crippen LogP contribution in [0.5, 0.6) is 0 Å². The molecule has 3 nitrogen and oxygen atoms in total. The summed E-state index contributed by atoms with van der Waals surface area (Å²) in [6.07, 6.45) is 4.86. The minimum Gasteiger partial charge on any atom is -0.221 e. The summed E-state index contributed by atoms with van der Waals surface area (Å²) in [6.45, 7) is 15.1. The van der Waals surface area contributed by atoms with Gasteiger partial charge in [0.15, 0.2) is 0 Å². The summed E-state index contributed by atoms with van der Waals surface area (Å²) in [5, 5.41) is 7.32. The molecule has 0 N–H and O–H groups in total. The molecule has 0 fully saturated rings. The minimum atomic E-state index is 0.852. The summed E-state index contributed by atoms with van der Waals surface area (Å²) in [5.41, 5.74) is 0.852. The van der Waals surface area contributed by atoms with Crippen molar-refractivity contribution in [3.63, 3.8) is 0 Å². The zero-order valence-corrected chi connectivity index (χ0v) is 8.99. The van der Waals surface area contributed by atoms with E-state index in [1.807, 2.05) is 27.7 Å². The Morgan fingerprint density at radius 3 is 2.08 bits per heavy atom. The Hall–Kier alpha value is -1.38. The molecule has 74 valence electrons. The first-order valence-electron chi connectivity index (χ1n) is 4.53. The first-order chi connectivity index (χ1) is 6.38. The third-order valence-electron chi connectivity index (χ3n) is 0.985. The molecule has 0 radical (unpaired) electrons. The van der Waals surface area contributed by atoms with Crippen molar-refractivity contribution in [2.24, 2.45) is 0 Å². The minimum absolute atomic E-state index is 0.852. The molecule has 1 aromatic rings. The molecule has 0 unspecified atom stereocenters. The zero-order chi connectivity index (χ0) is 10.7. The molecule has 0 aliphatic rings. The maximum atomic E-state index is 3.68. The second-order valence-electron chi connectivity index (χ2n) is 1.49. The fourth-order valence-corrected chi connectivity index (χ4v) is 0.540. The van der Waals surface area contributed by atoms with Gasteiger partial charge in [-0.2, -0.15) is 0 Å². The van der Waals surface area contributed by atoms with Gasteiger partial charge in [0.2, 0.25) is 0 Å². The average Bonchev–Trinajstić information content (AvgIpc) is 2.70. The Morgan fingerprint density at radius 2 is 1.77 bits per heavy atom. The molecular weight excluding hydrogens is 162 g/mol. The highest BCUT2D eigenvalue weighted by Gasteiger charge is 1.91. The van der Waals surface area contributed by atoms with Crippen molar-refractivity contribution in [3.05, 3.63) is 25.0 Å². The Balaban J connectivity index is 0. The van der Waals surface area contributed by atoms with Crippen molar-refractivity contribution < 1.29 is 0 Å². The molecule has 0 aliphatic heterocycles. The van der Waals surface area contributed by atoms with Gasteiger partial charge in [0.05, 0.1) is 11.9 Å². The maximum absolute atomic E-state index is 3.68. The van der Waals surface area contributed by atoms with Crippen molar-refractivity contribution in [1.82, 2.24) is 15.0 Å². The van der Waals surface area contributed by atoms with E-state index in [2.05, 4.69) is 23.5 Å². The van der Waals surface area contributed by atoms with Gasteiger partial charge in [-0.15, -0.1) is 5.10 Å². The van der Waals surface area contributed by atoms with Crippen molar-refractivity contribution in [3.8, 4) is 0 Å². The van der Waals surface area contributed by atoms with Gasteiger partial charge in [-0.1, -0.05) is 46.1 Å². The first kappa shape index (κ1) is 14.2. The molecule has 0 saturated carbocycles. The number of nitrogens with zero attached hydrogens (tertiary/aromatic N) is 3. The SMILES string of the molecule is C=Cc1cnnn1C=C.CC.CC. The predicted molar refractivity (Wildman–Crippen MR) is 59.2 cm³/mol. The van der Waals surface area contributed by atoms with E-state index < -0.39 is 0 Å². The van der Waals surface area contributed by atoms with E-state index in [1.165, 1.54) is 0 Å². The van der Waals surface area contributed by atoms with Gasteiger partial charge in [-0.3, -0.25) is 0 Å². The first-order valence-corrected chi connectivity index (χ1v) is 4.53. The van der Waals surface area contributed by atoms with Gasteiger partial charge in [0.1, 0.15) is 0 Å². The summed E-state index contributed by atoms with van der Waals surface area (Å²) in [5.74, 6) is 0. The van der Waals surface area contributed by atoms with Crippen LogP contribution in [0.2, 0.25) is 0 Å². The lowest BCUT2D eigenvalue weighted by atomic mass is 10.5. The van der Waals surface area contributed by atoms with E-state index in [9.17, 15) is 0 Å². The molecule has 0 bridgehead atoms. The predicted octanol–water partition coefficient (Wildman–Crippen LogP) is 3.07. The van der Waals surface area contributed by atoms with Gasteiger partial charge in [-0.25, -0.2) is 4.68 Å². The smallest absolute Gasteiger partial charge is 0.0858 e. The van der Waals surface area contributed by atoms with Crippen LogP contribution in [0.3, 0.4) is 0 Å². The van der Waals surface area contributed by atoms with Crippen LogP contribution in [0.4, 0.5) is 0 Å². The number of aromatic nitrogens is 3. The quantitative estimate of drug-likeness (QED) is 0.702. The third kappa shape index (κ3) is 4.95. The molecular formula is C10H19N3. The number of rotatable bonds is 2. The summed E-state index contributed by atoms with van der Waals surface area (Å²) >= 11 is 0. The lowest BCUT2D eigenvalue weighted by Gasteiger charge is -1.88. The normalized spacial score (nSPS) is 7.08. The second kappa shape index (κ2) is 10.6. The van der Waals surface area contributed by atoms with E-state index in [0.29, 0.717) is 0 Å². The van der Waals surface area contributed by atoms with Crippen LogP contribution in [0.1, 0.15) is 33.4 Å². The Labute approximate surface area is 80.8 Å². The molecule has 0 saturated heterocycles. The van der Waals surface area contributed by atoms with Crippen LogP contribution in [-0.2, 0) is 0 Å². The highest BCUT2D eigenvalue weighted by Crippen LogP contribution is 1.95. The van der Waals surface area contributed by atoms with Crippen LogP contribution < -0.4 is 0 Å². The van der Waals surface area contributed by atoms with E-state index >= 15 is 0 Å². The van der Waals surface area contributed by atoms with Crippen LogP contribution in [0.15, 0.2) is 19.4 Å². The molecule has 0 spiro atoms. The van der Waals surface area contributed by atoms with Crippen LogP contribution >= 0.6 is 0 Å². The van der Waals surface area contributed by atoms with Crippen molar-refractivity contribution in [2.75, 3.05) is 0 Å². The zero-order valence-electron chi connectivity index (χ0n) is 8.99. The summed E-state index contributed by atoms with van der Waals surface area (Å²) < 4.78 is 1.55. The fraction of sp³-hybridized carbons (Fsp3) is 0.400. The van der Waals surface area contributed by atoms with Gasteiger partial charge in [0, 0.05) is 6.20 Å². The van der Waals surface area contributed by atoms with Gasteiger partial charge in [-0.05, 0) is 6.08 Å². The Bertz CT molecular complexity index is 203. The van der Waals surface area contributed by atoms with Gasteiger partial charge >= 0.3 is 0 Å². The monoisotopic (exact) mass is 181 g/mol. The third-order valence-corrected chi connectivity index (χ3v) is 0.985. The molecule has 1 heterocycles. The van der Waals surface area contributed by atoms with Crippen LogP contribution in [0, 0.1) is 0 Å². The maximum Gasteiger partial charge on any atom is 0.0858 e. The average molecular weight is 181 g/mol. The van der Waals surface area contributed by atoms with E-state index in [4.69, 9.17) is 0 Å². The lowest BCUT2D eigenvalue weighted by molar-refractivity contribution is 0.837. The number of hydrogen-bond donors (Lipinski definition) is 0. The molecule has 1 aromatic heterocycles. The van der Waals surface area contributed by atoms with Gasteiger partial charge < -0.3 is 0 Å². The molecule has 0 aromatic carbocycles. The summed E-state index contributed by atoms with van der Waals surface area (Å²) in [6, 6.07) is 0. The van der Waals surface area contributed by atoms with Crippen molar-refractivity contribution >= 4 is 12.3 Å². The summed E-state index contributed by atoms with van der Waals surface area (Å²) in [4.78, 5) is 0. The topological polar surface area (TPSA) is 30.7 Å². The molecule has 0 atom stereocenters. The molecule has 1 rings (SSSR count). The van der Waals surface area contributed by atoms with Gasteiger partial charge in [0.25, 0.3) is 0 Å². The lowest BCUT2D eigenvalue weighted by Crippen LogP contribution is -1.89. The van der Waals surface area contributed by atoms with Crippen LogP contribution in [0.25, 0.3) is 12.3 Å². The Morgan fingerprint density at radius 1 is 1.23 bits per heavy atom. The van der Waals surface area contributed by atoms with Crippen molar-refractivity contribution in [1.29, 1.82) is 0 Å². The summed E-state index contributed by atoms with van der Waals surface area (Å²) in [7, 11) is 0. The molecule has 13 heavy (non-hydrogen) atoms. The van der Waals surface area contributed by atoms with E-state index in [-0.39, 0.29) is 0 Å². The van der Waals surface area contributed by atoms with Crippen molar-refractivity contribution in [2.45, 2.75) is 27.7 Å². The Kier molecular flexibility index (Phi) is 11.6. The second-order valence-corrected chi connectivity index (χ2v) is 1.49. The highest BCUT2D eigenvalue weighted by molar-refractivity contribution is 5.43. The van der Waals surface area contributed by atoms with Crippen LogP contribution in [-0.4, -0.2) is 15.0 Å². The van der Waals surface area contributed by atoms with E-state index in [0.717, 1.165) is 5.69 Å². The molecule has 3 heteroatoms. The van der Waals surface area contributed by atoms with E-state index in [1.54, 1.807) is 23.2 Å². The largest absolute Gasteiger partial charge is 0.221 e.